The van der Waals surface area contributed by atoms with E-state index in [0.29, 0.717) is 25.7 Å². The van der Waals surface area contributed by atoms with Gasteiger partial charge in [0.15, 0.2) is 11.5 Å². The third-order valence-corrected chi connectivity index (χ3v) is 7.53. The number of hydrogen-bond acceptors (Lipinski definition) is 6. The third kappa shape index (κ3) is 5.79. The minimum Gasteiger partial charge on any atom is -0.492 e. The highest BCUT2D eigenvalue weighted by Crippen LogP contribution is 2.32. The molecule has 2 aromatic rings. The molecular formula is C29H39N3O4. The molecule has 5 rings (SSSR count). The van der Waals surface area contributed by atoms with Gasteiger partial charge in [-0.2, -0.15) is 0 Å². The number of fused-ring (bicyclic) bond motifs is 2. The smallest absolute Gasteiger partial charge is 0.226 e. The van der Waals surface area contributed by atoms with Crippen LogP contribution in [0.3, 0.4) is 0 Å². The summed E-state index contributed by atoms with van der Waals surface area (Å²) in [5.41, 5.74) is 3.74. The molecule has 0 spiro atoms. The second-order valence-corrected chi connectivity index (χ2v) is 10.1. The van der Waals surface area contributed by atoms with E-state index in [0.717, 1.165) is 82.4 Å². The number of rotatable bonds is 7. The van der Waals surface area contributed by atoms with Crippen LogP contribution >= 0.6 is 0 Å². The number of amides is 1. The lowest BCUT2D eigenvalue weighted by molar-refractivity contribution is -0.137. The summed E-state index contributed by atoms with van der Waals surface area (Å²) in [7, 11) is 0. The lowest BCUT2D eigenvalue weighted by Gasteiger charge is -2.34. The van der Waals surface area contributed by atoms with E-state index in [2.05, 4.69) is 54.0 Å². The molecular weight excluding hydrogens is 454 g/mol. The normalized spacial score (nSPS) is 20.2. The Bertz CT molecular complexity index is 1050. The fourth-order valence-electron chi connectivity index (χ4n) is 5.63. The Morgan fingerprint density at radius 1 is 0.861 bits per heavy atom. The highest BCUT2D eigenvalue weighted by molar-refractivity contribution is 5.79. The molecule has 0 radical (unpaired) electrons. The molecule has 1 amide bonds. The topological polar surface area (TPSA) is 54.5 Å². The lowest BCUT2D eigenvalue weighted by atomic mass is 9.95. The highest BCUT2D eigenvalue weighted by Gasteiger charge is 2.28. The Labute approximate surface area is 214 Å². The molecule has 1 atom stereocenters. The van der Waals surface area contributed by atoms with Gasteiger partial charge in [-0.3, -0.25) is 14.6 Å². The SMILES string of the molecule is CCN(CC)C(=O)[C@@H]1CCCN(Cc2ccc3c(c2)CN(Cc2ccc4c(c2)OCCO4)CCO3)C1. The first-order chi connectivity index (χ1) is 17.6. The molecule has 0 aliphatic carbocycles. The van der Waals surface area contributed by atoms with Gasteiger partial charge in [-0.1, -0.05) is 12.1 Å². The minimum atomic E-state index is 0.115. The summed E-state index contributed by atoms with van der Waals surface area (Å²) >= 11 is 0. The van der Waals surface area contributed by atoms with Gasteiger partial charge in [-0.05, 0) is 68.6 Å². The Morgan fingerprint density at radius 2 is 1.56 bits per heavy atom. The first kappa shape index (κ1) is 24.9. The summed E-state index contributed by atoms with van der Waals surface area (Å²) in [6, 6.07) is 12.9. The zero-order valence-electron chi connectivity index (χ0n) is 21.7. The van der Waals surface area contributed by atoms with Crippen LogP contribution in [0.4, 0.5) is 0 Å². The number of carbonyl (C=O) groups excluding carboxylic acids is 1. The van der Waals surface area contributed by atoms with Crippen molar-refractivity contribution < 1.29 is 19.0 Å². The van der Waals surface area contributed by atoms with Crippen LogP contribution in [-0.4, -0.2) is 73.2 Å². The second kappa shape index (κ2) is 11.5. The average molecular weight is 494 g/mol. The van der Waals surface area contributed by atoms with Crippen LogP contribution in [0.1, 0.15) is 43.4 Å². The zero-order valence-corrected chi connectivity index (χ0v) is 21.7. The maximum absolute atomic E-state index is 12.9. The van der Waals surface area contributed by atoms with Crippen molar-refractivity contribution in [3.63, 3.8) is 0 Å². The molecule has 36 heavy (non-hydrogen) atoms. The van der Waals surface area contributed by atoms with Gasteiger partial charge in [-0.15, -0.1) is 0 Å². The fourth-order valence-corrected chi connectivity index (χ4v) is 5.63. The van der Waals surface area contributed by atoms with Crippen LogP contribution in [0.5, 0.6) is 17.2 Å². The van der Waals surface area contributed by atoms with Crippen LogP contribution < -0.4 is 14.2 Å². The van der Waals surface area contributed by atoms with E-state index in [1.807, 2.05) is 11.0 Å². The Morgan fingerprint density at radius 3 is 2.36 bits per heavy atom. The van der Waals surface area contributed by atoms with Crippen molar-refractivity contribution in [2.75, 3.05) is 52.5 Å². The van der Waals surface area contributed by atoms with E-state index in [-0.39, 0.29) is 5.92 Å². The summed E-state index contributed by atoms with van der Waals surface area (Å²) in [6.45, 7) is 12.9. The van der Waals surface area contributed by atoms with Crippen molar-refractivity contribution >= 4 is 5.91 Å². The third-order valence-electron chi connectivity index (χ3n) is 7.53. The highest BCUT2D eigenvalue weighted by atomic mass is 16.6. The summed E-state index contributed by atoms with van der Waals surface area (Å²) in [5.74, 6) is 3.08. The van der Waals surface area contributed by atoms with Crippen molar-refractivity contribution in [3.05, 3.63) is 53.1 Å². The van der Waals surface area contributed by atoms with Gasteiger partial charge in [0.2, 0.25) is 5.91 Å². The number of ether oxygens (including phenoxy) is 3. The summed E-state index contributed by atoms with van der Waals surface area (Å²) < 4.78 is 17.5. The van der Waals surface area contributed by atoms with Crippen LogP contribution in [0.2, 0.25) is 0 Å². The molecule has 0 unspecified atom stereocenters. The van der Waals surface area contributed by atoms with E-state index in [4.69, 9.17) is 14.2 Å². The van der Waals surface area contributed by atoms with Crippen LogP contribution in [-0.2, 0) is 24.4 Å². The molecule has 1 saturated heterocycles. The van der Waals surface area contributed by atoms with Crippen molar-refractivity contribution in [2.24, 2.45) is 5.92 Å². The van der Waals surface area contributed by atoms with Gasteiger partial charge in [-0.25, -0.2) is 0 Å². The summed E-state index contributed by atoms with van der Waals surface area (Å²) in [5, 5.41) is 0. The molecule has 3 aliphatic heterocycles. The zero-order chi connectivity index (χ0) is 24.9. The van der Waals surface area contributed by atoms with Crippen molar-refractivity contribution in [3.8, 4) is 17.2 Å². The number of likely N-dealkylation sites (tertiary alicyclic amines) is 1. The Hall–Kier alpha value is -2.77. The molecule has 3 aliphatic rings. The number of hydrogen-bond donors (Lipinski definition) is 0. The van der Waals surface area contributed by atoms with Gasteiger partial charge < -0.3 is 19.1 Å². The quantitative estimate of drug-likeness (QED) is 0.583. The minimum absolute atomic E-state index is 0.115. The van der Waals surface area contributed by atoms with Crippen LogP contribution in [0.25, 0.3) is 0 Å². The second-order valence-electron chi connectivity index (χ2n) is 10.1. The molecule has 0 bridgehead atoms. The molecule has 0 saturated carbocycles. The van der Waals surface area contributed by atoms with Gasteiger partial charge in [0, 0.05) is 51.4 Å². The maximum atomic E-state index is 12.9. The van der Waals surface area contributed by atoms with E-state index < -0.39 is 0 Å². The molecule has 7 heteroatoms. The van der Waals surface area contributed by atoms with Crippen molar-refractivity contribution in [1.29, 1.82) is 0 Å². The van der Waals surface area contributed by atoms with E-state index in [1.165, 1.54) is 16.7 Å². The van der Waals surface area contributed by atoms with E-state index >= 15 is 0 Å². The Balaban J connectivity index is 1.23. The standard InChI is InChI=1S/C29H39N3O4/c1-3-32(4-2)29(33)24-6-5-11-30(20-24)18-22-7-9-26-25(16-22)21-31(12-13-34-26)19-23-8-10-27-28(17-23)36-15-14-35-27/h7-10,16-17,24H,3-6,11-15,18-21H2,1-2H3/t24-/m1/s1. The first-order valence-corrected chi connectivity index (χ1v) is 13.5. The van der Waals surface area contributed by atoms with Gasteiger partial charge >= 0.3 is 0 Å². The lowest BCUT2D eigenvalue weighted by Crippen LogP contribution is -2.44. The predicted molar refractivity (Wildman–Crippen MR) is 139 cm³/mol. The molecule has 2 aromatic carbocycles. The monoisotopic (exact) mass is 493 g/mol. The van der Waals surface area contributed by atoms with Gasteiger partial charge in [0.05, 0.1) is 5.92 Å². The first-order valence-electron chi connectivity index (χ1n) is 13.5. The number of nitrogens with zero attached hydrogens (tertiary/aromatic N) is 3. The molecule has 0 N–H and O–H groups in total. The molecule has 194 valence electrons. The average Bonchev–Trinajstić information content (AvgIpc) is 3.10. The molecule has 1 fully saturated rings. The van der Waals surface area contributed by atoms with Crippen LogP contribution in [0.15, 0.2) is 36.4 Å². The molecule has 0 aromatic heterocycles. The number of benzene rings is 2. The molecule has 7 nitrogen and oxygen atoms in total. The predicted octanol–water partition coefficient (Wildman–Crippen LogP) is 3.93. The van der Waals surface area contributed by atoms with Crippen molar-refractivity contribution in [1.82, 2.24) is 14.7 Å². The van der Waals surface area contributed by atoms with Gasteiger partial charge in [0.25, 0.3) is 0 Å². The van der Waals surface area contributed by atoms with Gasteiger partial charge in [0.1, 0.15) is 25.6 Å². The summed E-state index contributed by atoms with van der Waals surface area (Å²) in [6.07, 6.45) is 2.08. The Kier molecular flexibility index (Phi) is 7.97. The summed E-state index contributed by atoms with van der Waals surface area (Å²) in [4.78, 5) is 19.8. The maximum Gasteiger partial charge on any atom is 0.226 e. The fraction of sp³-hybridized carbons (Fsp3) is 0.552. The largest absolute Gasteiger partial charge is 0.492 e. The number of carbonyl (C=O) groups is 1. The van der Waals surface area contributed by atoms with E-state index in [1.54, 1.807) is 0 Å². The van der Waals surface area contributed by atoms with Crippen LogP contribution in [0, 0.1) is 5.92 Å². The van der Waals surface area contributed by atoms with E-state index in [9.17, 15) is 4.79 Å². The van der Waals surface area contributed by atoms with Crippen molar-refractivity contribution in [2.45, 2.75) is 46.3 Å². The number of piperidine rings is 1. The molecule has 3 heterocycles.